The van der Waals surface area contributed by atoms with Crippen molar-refractivity contribution in [3.63, 3.8) is 0 Å². The van der Waals surface area contributed by atoms with Gasteiger partial charge in [-0.15, -0.1) is 6.58 Å². The number of allylic oxidation sites excluding steroid dienone is 2. The Hall–Kier alpha value is -1.05. The maximum atomic E-state index is 9.74. The highest BCUT2D eigenvalue weighted by Gasteiger charge is 1.76. The fraction of sp³-hybridized carbons (Fsp3) is 0.375. The lowest BCUT2D eigenvalue weighted by Gasteiger charge is -1.90. The van der Waals surface area contributed by atoms with Gasteiger partial charge in [-0.05, 0) is 12.8 Å². The van der Waals surface area contributed by atoms with Crippen LogP contribution in [0.15, 0.2) is 24.8 Å². The maximum Gasteiger partial charge on any atom is 0.207 e. The predicted molar refractivity (Wildman–Crippen MR) is 42.6 cm³/mol. The second kappa shape index (κ2) is 7.95. The highest BCUT2D eigenvalue weighted by Crippen LogP contribution is 1.85. The van der Waals surface area contributed by atoms with Crippen LogP contribution in [0.5, 0.6) is 0 Å². The molecule has 1 N–H and O–H groups in total. The molecule has 0 aliphatic rings. The molecule has 1 amide bonds. The fourth-order valence-corrected chi connectivity index (χ4v) is 0.536. The lowest BCUT2D eigenvalue weighted by Crippen LogP contribution is -2.10. The number of carbonyl (C=O) groups excluding carboxylic acids is 1. The normalized spacial score (nSPS) is 9.60. The Bertz CT molecular complexity index is 118. The Labute approximate surface area is 61.6 Å². The monoisotopic (exact) mass is 139 g/mol. The minimum absolute atomic E-state index is 0.710. The first kappa shape index (κ1) is 8.95. The van der Waals surface area contributed by atoms with Gasteiger partial charge in [-0.25, -0.2) is 0 Å². The second-order valence-electron chi connectivity index (χ2n) is 1.86. The molecule has 0 unspecified atom stereocenters. The molecule has 10 heavy (non-hydrogen) atoms. The molecule has 0 aromatic heterocycles. The smallest absolute Gasteiger partial charge is 0.207 e. The van der Waals surface area contributed by atoms with E-state index in [1.165, 1.54) is 0 Å². The highest BCUT2D eigenvalue weighted by atomic mass is 16.1. The van der Waals surface area contributed by atoms with Crippen molar-refractivity contribution in [3.05, 3.63) is 24.8 Å². The first-order valence-electron chi connectivity index (χ1n) is 3.34. The van der Waals surface area contributed by atoms with Gasteiger partial charge in [0.15, 0.2) is 0 Å². The summed E-state index contributed by atoms with van der Waals surface area (Å²) in [7, 11) is 0. The summed E-state index contributed by atoms with van der Waals surface area (Å²) in [4.78, 5) is 9.74. The van der Waals surface area contributed by atoms with Crippen molar-refractivity contribution in [2.24, 2.45) is 0 Å². The molecule has 0 aliphatic heterocycles. The average Bonchev–Trinajstić information content (AvgIpc) is 1.97. The Kier molecular flexibility index (Phi) is 7.12. The number of carbonyl (C=O) groups is 1. The van der Waals surface area contributed by atoms with E-state index in [1.54, 1.807) is 0 Å². The third kappa shape index (κ3) is 6.95. The highest BCUT2D eigenvalue weighted by molar-refractivity contribution is 5.45. The number of rotatable bonds is 6. The summed E-state index contributed by atoms with van der Waals surface area (Å²) in [5, 5.41) is 2.57. The van der Waals surface area contributed by atoms with Crippen molar-refractivity contribution in [2.45, 2.75) is 12.8 Å². The average molecular weight is 139 g/mol. The van der Waals surface area contributed by atoms with Gasteiger partial charge in [0.1, 0.15) is 0 Å². The number of nitrogens with one attached hydrogen (secondary N) is 1. The molecule has 0 aromatic rings. The van der Waals surface area contributed by atoms with Crippen molar-refractivity contribution in [2.75, 3.05) is 6.54 Å². The van der Waals surface area contributed by atoms with Crippen LogP contribution in [0.2, 0.25) is 0 Å². The zero-order valence-electron chi connectivity index (χ0n) is 6.05. The molecule has 0 aliphatic carbocycles. The Morgan fingerprint density at radius 2 is 2.20 bits per heavy atom. The van der Waals surface area contributed by atoms with Gasteiger partial charge in [0.2, 0.25) is 6.41 Å². The van der Waals surface area contributed by atoms with Crippen LogP contribution in [-0.4, -0.2) is 13.0 Å². The molecule has 0 aromatic carbocycles. The first-order valence-corrected chi connectivity index (χ1v) is 3.34. The van der Waals surface area contributed by atoms with Crippen LogP contribution in [0, 0.1) is 0 Å². The number of amides is 1. The van der Waals surface area contributed by atoms with E-state index in [-0.39, 0.29) is 0 Å². The molecular formula is C8H13NO. The fourth-order valence-electron chi connectivity index (χ4n) is 0.536. The standard InChI is InChI=1S/C8H13NO/c1-2-3-4-5-6-7-9-8-10/h2,4-5,8H,1,3,6-7H2,(H,9,10)/b5-4+. The van der Waals surface area contributed by atoms with E-state index in [4.69, 9.17) is 0 Å². The zero-order chi connectivity index (χ0) is 7.66. The van der Waals surface area contributed by atoms with Crippen molar-refractivity contribution >= 4 is 6.41 Å². The van der Waals surface area contributed by atoms with Gasteiger partial charge < -0.3 is 5.32 Å². The van der Waals surface area contributed by atoms with Crippen molar-refractivity contribution in [1.29, 1.82) is 0 Å². The predicted octanol–water partition coefficient (Wildman–Crippen LogP) is 1.25. The topological polar surface area (TPSA) is 29.1 Å². The van der Waals surface area contributed by atoms with Crippen LogP contribution in [-0.2, 0) is 4.79 Å². The van der Waals surface area contributed by atoms with E-state index in [9.17, 15) is 4.79 Å². The molecule has 0 rings (SSSR count). The minimum Gasteiger partial charge on any atom is -0.358 e. The van der Waals surface area contributed by atoms with Gasteiger partial charge in [0.25, 0.3) is 0 Å². The molecule has 2 nitrogen and oxygen atoms in total. The maximum absolute atomic E-state index is 9.74. The van der Waals surface area contributed by atoms with E-state index in [0.29, 0.717) is 6.41 Å². The number of hydrogen-bond acceptors (Lipinski definition) is 1. The first-order chi connectivity index (χ1) is 4.91. The Morgan fingerprint density at radius 3 is 2.80 bits per heavy atom. The van der Waals surface area contributed by atoms with E-state index in [2.05, 4.69) is 11.9 Å². The third-order valence-corrected chi connectivity index (χ3v) is 1.01. The summed E-state index contributed by atoms with van der Waals surface area (Å²) >= 11 is 0. The summed E-state index contributed by atoms with van der Waals surface area (Å²) in [5.74, 6) is 0. The molecule has 0 saturated carbocycles. The van der Waals surface area contributed by atoms with Crippen LogP contribution in [0.25, 0.3) is 0 Å². The molecule has 0 heterocycles. The number of hydrogen-bond donors (Lipinski definition) is 1. The Balaban J connectivity index is 3.01. The summed E-state index contributed by atoms with van der Waals surface area (Å²) in [6.45, 7) is 4.29. The van der Waals surface area contributed by atoms with Crippen molar-refractivity contribution in [1.82, 2.24) is 5.32 Å². The molecule has 0 radical (unpaired) electrons. The van der Waals surface area contributed by atoms with Crippen molar-refractivity contribution < 1.29 is 4.79 Å². The molecule has 0 bridgehead atoms. The lowest BCUT2D eigenvalue weighted by molar-refractivity contribution is -0.109. The summed E-state index contributed by atoms with van der Waals surface area (Å²) in [6.07, 6.45) is 8.40. The molecule has 0 fully saturated rings. The molecular weight excluding hydrogens is 126 g/mol. The van der Waals surface area contributed by atoms with Crippen LogP contribution in [0.1, 0.15) is 12.8 Å². The second-order valence-corrected chi connectivity index (χ2v) is 1.86. The quantitative estimate of drug-likeness (QED) is 0.335. The van der Waals surface area contributed by atoms with E-state index < -0.39 is 0 Å². The van der Waals surface area contributed by atoms with Gasteiger partial charge in [0, 0.05) is 6.54 Å². The van der Waals surface area contributed by atoms with Crippen LogP contribution < -0.4 is 5.32 Å². The summed E-state index contributed by atoms with van der Waals surface area (Å²) in [6, 6.07) is 0. The largest absolute Gasteiger partial charge is 0.358 e. The van der Waals surface area contributed by atoms with Gasteiger partial charge >= 0.3 is 0 Å². The van der Waals surface area contributed by atoms with Gasteiger partial charge in [-0.2, -0.15) is 0 Å². The molecule has 0 atom stereocenters. The summed E-state index contributed by atoms with van der Waals surface area (Å²) < 4.78 is 0. The molecule has 2 heteroatoms. The van der Waals surface area contributed by atoms with Crippen LogP contribution in [0.4, 0.5) is 0 Å². The van der Waals surface area contributed by atoms with Crippen molar-refractivity contribution in [3.8, 4) is 0 Å². The van der Waals surface area contributed by atoms with Gasteiger partial charge in [-0.3, -0.25) is 4.79 Å². The van der Waals surface area contributed by atoms with Gasteiger partial charge in [-0.1, -0.05) is 18.2 Å². The summed E-state index contributed by atoms with van der Waals surface area (Å²) in [5.41, 5.74) is 0. The molecule has 56 valence electrons. The molecule has 0 spiro atoms. The Morgan fingerprint density at radius 1 is 1.40 bits per heavy atom. The lowest BCUT2D eigenvalue weighted by atomic mass is 10.3. The minimum atomic E-state index is 0.710. The third-order valence-electron chi connectivity index (χ3n) is 1.01. The van der Waals surface area contributed by atoms with Crippen LogP contribution in [0.3, 0.4) is 0 Å². The van der Waals surface area contributed by atoms with Crippen LogP contribution >= 0.6 is 0 Å². The van der Waals surface area contributed by atoms with E-state index in [1.807, 2.05) is 18.2 Å². The molecule has 0 saturated heterocycles. The zero-order valence-corrected chi connectivity index (χ0v) is 6.05. The van der Waals surface area contributed by atoms with Gasteiger partial charge in [0.05, 0.1) is 0 Å². The SMILES string of the molecule is C=CC/C=C/CCNC=O. The van der Waals surface area contributed by atoms with E-state index in [0.717, 1.165) is 19.4 Å². The van der Waals surface area contributed by atoms with E-state index >= 15 is 0 Å².